The van der Waals surface area contributed by atoms with Gasteiger partial charge in [0.25, 0.3) is 0 Å². The number of rotatable bonds is 3. The van der Waals surface area contributed by atoms with Crippen molar-refractivity contribution < 1.29 is 4.74 Å². The lowest BCUT2D eigenvalue weighted by atomic mass is 10.1. The third kappa shape index (κ3) is 2.50. The van der Waals surface area contributed by atoms with Crippen molar-refractivity contribution in [3.8, 4) is 5.75 Å². The molecule has 1 aromatic heterocycles. The van der Waals surface area contributed by atoms with E-state index in [0.717, 1.165) is 22.5 Å². The van der Waals surface area contributed by atoms with Gasteiger partial charge in [-0.25, -0.2) is 0 Å². The van der Waals surface area contributed by atoms with Gasteiger partial charge in [0, 0.05) is 29.2 Å². The van der Waals surface area contributed by atoms with Crippen LogP contribution >= 0.6 is 0 Å². The van der Waals surface area contributed by atoms with Crippen LogP contribution in [0.4, 0.5) is 11.4 Å². The van der Waals surface area contributed by atoms with Crippen molar-refractivity contribution in [1.29, 1.82) is 0 Å². The zero-order chi connectivity index (χ0) is 13.1. The molecular formula is C16H14N2O. The van der Waals surface area contributed by atoms with E-state index < -0.39 is 0 Å². The van der Waals surface area contributed by atoms with Gasteiger partial charge in [-0.2, -0.15) is 0 Å². The Morgan fingerprint density at radius 1 is 0.895 bits per heavy atom. The van der Waals surface area contributed by atoms with Crippen molar-refractivity contribution >= 4 is 22.1 Å². The molecule has 3 rings (SSSR count). The highest BCUT2D eigenvalue weighted by Crippen LogP contribution is 2.23. The molecule has 0 fully saturated rings. The largest absolute Gasteiger partial charge is 0.497 e. The lowest BCUT2D eigenvalue weighted by molar-refractivity contribution is 0.415. The van der Waals surface area contributed by atoms with Crippen LogP contribution in [-0.4, -0.2) is 12.1 Å². The maximum Gasteiger partial charge on any atom is 0.119 e. The van der Waals surface area contributed by atoms with Gasteiger partial charge in [-0.15, -0.1) is 0 Å². The molecule has 0 aliphatic heterocycles. The summed E-state index contributed by atoms with van der Waals surface area (Å²) in [7, 11) is 1.67. The quantitative estimate of drug-likeness (QED) is 0.763. The van der Waals surface area contributed by atoms with E-state index in [-0.39, 0.29) is 0 Å². The molecule has 0 atom stereocenters. The molecule has 0 bridgehead atoms. The van der Waals surface area contributed by atoms with Crippen LogP contribution in [0.5, 0.6) is 5.75 Å². The van der Waals surface area contributed by atoms with Gasteiger partial charge in [0.2, 0.25) is 0 Å². The summed E-state index contributed by atoms with van der Waals surface area (Å²) in [6.07, 6.45) is 3.67. The van der Waals surface area contributed by atoms with Crippen molar-refractivity contribution in [2.24, 2.45) is 0 Å². The minimum absolute atomic E-state index is 0.855. The van der Waals surface area contributed by atoms with E-state index in [2.05, 4.69) is 28.5 Å². The Morgan fingerprint density at radius 2 is 1.68 bits per heavy atom. The number of methoxy groups -OCH3 is 1. The minimum Gasteiger partial charge on any atom is -0.497 e. The molecule has 0 saturated carbocycles. The number of ether oxygens (including phenoxy) is 1. The third-order valence-electron chi connectivity index (χ3n) is 3.02. The Hall–Kier alpha value is -2.55. The average Bonchev–Trinajstić information content (AvgIpc) is 2.48. The van der Waals surface area contributed by atoms with Crippen molar-refractivity contribution in [3.05, 3.63) is 60.9 Å². The first-order chi connectivity index (χ1) is 9.35. The summed E-state index contributed by atoms with van der Waals surface area (Å²) in [6, 6.07) is 16.1. The van der Waals surface area contributed by atoms with Crippen LogP contribution in [0, 0.1) is 0 Å². The molecule has 3 nitrogen and oxygen atoms in total. The predicted octanol–water partition coefficient (Wildman–Crippen LogP) is 3.99. The number of aromatic nitrogens is 1. The molecule has 3 aromatic rings. The summed E-state index contributed by atoms with van der Waals surface area (Å²) in [5.74, 6) is 0.855. The summed E-state index contributed by atoms with van der Waals surface area (Å²) in [5, 5.41) is 5.68. The van der Waals surface area contributed by atoms with E-state index in [1.807, 2.05) is 36.5 Å². The number of pyridine rings is 1. The fraction of sp³-hybridized carbons (Fsp3) is 0.0625. The minimum atomic E-state index is 0.855. The molecule has 0 unspecified atom stereocenters. The first-order valence-electron chi connectivity index (χ1n) is 6.10. The molecular weight excluding hydrogens is 236 g/mol. The monoisotopic (exact) mass is 250 g/mol. The van der Waals surface area contributed by atoms with Crippen LogP contribution in [0.3, 0.4) is 0 Å². The van der Waals surface area contributed by atoms with E-state index in [4.69, 9.17) is 4.74 Å². The van der Waals surface area contributed by atoms with Crippen LogP contribution in [0.1, 0.15) is 0 Å². The zero-order valence-electron chi connectivity index (χ0n) is 10.6. The van der Waals surface area contributed by atoms with E-state index >= 15 is 0 Å². The van der Waals surface area contributed by atoms with Gasteiger partial charge in [-0.3, -0.25) is 4.98 Å². The van der Waals surface area contributed by atoms with Gasteiger partial charge in [-0.1, -0.05) is 6.07 Å². The van der Waals surface area contributed by atoms with Gasteiger partial charge in [0.05, 0.1) is 7.11 Å². The summed E-state index contributed by atoms with van der Waals surface area (Å²) in [4.78, 5) is 4.14. The molecule has 19 heavy (non-hydrogen) atoms. The number of benzene rings is 2. The third-order valence-corrected chi connectivity index (χ3v) is 3.02. The maximum atomic E-state index is 5.14. The SMILES string of the molecule is COc1ccc(Nc2ccc3ccncc3c2)cc1. The second-order valence-electron chi connectivity index (χ2n) is 4.29. The number of nitrogens with zero attached hydrogens (tertiary/aromatic N) is 1. The van der Waals surface area contributed by atoms with Crippen LogP contribution in [0.15, 0.2) is 60.9 Å². The van der Waals surface area contributed by atoms with Crippen molar-refractivity contribution in [1.82, 2.24) is 4.98 Å². The molecule has 0 aliphatic rings. The topological polar surface area (TPSA) is 34.1 Å². The molecule has 0 spiro atoms. The Labute approximate surface area is 111 Å². The first-order valence-corrected chi connectivity index (χ1v) is 6.10. The summed E-state index contributed by atoms with van der Waals surface area (Å²) in [6.45, 7) is 0. The first kappa shape index (κ1) is 11.5. The summed E-state index contributed by atoms with van der Waals surface area (Å²) >= 11 is 0. The molecule has 0 radical (unpaired) electrons. The van der Waals surface area contributed by atoms with E-state index in [0.29, 0.717) is 0 Å². The smallest absolute Gasteiger partial charge is 0.119 e. The number of hydrogen-bond donors (Lipinski definition) is 1. The second kappa shape index (κ2) is 4.98. The second-order valence-corrected chi connectivity index (χ2v) is 4.29. The van der Waals surface area contributed by atoms with Crippen LogP contribution in [0.25, 0.3) is 10.8 Å². The molecule has 0 saturated heterocycles. The highest BCUT2D eigenvalue weighted by Gasteiger charge is 1.98. The van der Waals surface area contributed by atoms with Gasteiger partial charge >= 0.3 is 0 Å². The van der Waals surface area contributed by atoms with Crippen LogP contribution < -0.4 is 10.1 Å². The summed E-state index contributed by atoms with van der Waals surface area (Å²) < 4.78 is 5.14. The van der Waals surface area contributed by atoms with Gasteiger partial charge in [0.15, 0.2) is 0 Å². The Morgan fingerprint density at radius 3 is 2.47 bits per heavy atom. The number of nitrogens with one attached hydrogen (secondary N) is 1. The molecule has 1 N–H and O–H groups in total. The summed E-state index contributed by atoms with van der Waals surface area (Å²) in [5.41, 5.74) is 2.08. The van der Waals surface area contributed by atoms with Crippen LogP contribution in [0.2, 0.25) is 0 Å². The Balaban J connectivity index is 1.87. The molecule has 94 valence electrons. The molecule has 0 aliphatic carbocycles. The lowest BCUT2D eigenvalue weighted by Gasteiger charge is -2.08. The molecule has 3 heteroatoms. The highest BCUT2D eigenvalue weighted by atomic mass is 16.5. The number of fused-ring (bicyclic) bond motifs is 1. The lowest BCUT2D eigenvalue weighted by Crippen LogP contribution is -1.90. The fourth-order valence-corrected chi connectivity index (χ4v) is 2.00. The fourth-order valence-electron chi connectivity index (χ4n) is 2.00. The van der Waals surface area contributed by atoms with Crippen molar-refractivity contribution in [2.45, 2.75) is 0 Å². The molecule has 1 heterocycles. The molecule has 2 aromatic carbocycles. The Bertz CT molecular complexity index is 692. The molecule has 0 amide bonds. The average molecular weight is 250 g/mol. The van der Waals surface area contributed by atoms with E-state index in [1.165, 1.54) is 5.39 Å². The maximum absolute atomic E-state index is 5.14. The van der Waals surface area contributed by atoms with Gasteiger partial charge in [-0.05, 0) is 47.9 Å². The zero-order valence-corrected chi connectivity index (χ0v) is 10.6. The van der Waals surface area contributed by atoms with Gasteiger partial charge in [0.1, 0.15) is 5.75 Å². The Kier molecular flexibility index (Phi) is 3.02. The number of anilines is 2. The van der Waals surface area contributed by atoms with Crippen LogP contribution in [-0.2, 0) is 0 Å². The number of hydrogen-bond acceptors (Lipinski definition) is 3. The van der Waals surface area contributed by atoms with Crippen molar-refractivity contribution in [3.63, 3.8) is 0 Å². The standard InChI is InChI=1S/C16H14N2O/c1-19-16-6-4-14(5-7-16)18-15-3-2-12-8-9-17-11-13(12)10-15/h2-11,18H,1H3. The highest BCUT2D eigenvalue weighted by molar-refractivity contribution is 5.85. The normalized spacial score (nSPS) is 10.4. The van der Waals surface area contributed by atoms with E-state index in [9.17, 15) is 0 Å². The van der Waals surface area contributed by atoms with Gasteiger partial charge < -0.3 is 10.1 Å². The predicted molar refractivity (Wildman–Crippen MR) is 78.0 cm³/mol. The van der Waals surface area contributed by atoms with E-state index in [1.54, 1.807) is 13.3 Å². The van der Waals surface area contributed by atoms with Crippen molar-refractivity contribution in [2.75, 3.05) is 12.4 Å².